The molecular weight excluding hydrogens is 274 g/mol. The van der Waals surface area contributed by atoms with Crippen LogP contribution in [-0.2, 0) is 6.54 Å². The van der Waals surface area contributed by atoms with E-state index >= 15 is 0 Å². The third-order valence-electron chi connectivity index (χ3n) is 3.43. The summed E-state index contributed by atoms with van der Waals surface area (Å²) in [6.45, 7) is 5.74. The zero-order valence-electron chi connectivity index (χ0n) is 12.3. The Hall–Kier alpha value is -1.40. The van der Waals surface area contributed by atoms with E-state index in [1.54, 1.807) is 25.9 Å². The zero-order valence-corrected chi connectivity index (χ0v) is 13.1. The highest BCUT2D eigenvalue weighted by atomic mass is 32.1. The van der Waals surface area contributed by atoms with Crippen molar-refractivity contribution in [3.8, 4) is 0 Å². The molecule has 0 saturated carbocycles. The lowest BCUT2D eigenvalue weighted by Crippen LogP contribution is -2.51. The first-order chi connectivity index (χ1) is 9.47. The van der Waals surface area contributed by atoms with Crippen LogP contribution in [0.2, 0.25) is 0 Å². The van der Waals surface area contributed by atoms with Gasteiger partial charge in [0.2, 0.25) is 0 Å². The van der Waals surface area contributed by atoms with E-state index in [0.717, 1.165) is 37.6 Å². The number of piperazine rings is 1. The van der Waals surface area contributed by atoms with Crippen LogP contribution in [-0.4, -0.2) is 66.8 Å². The minimum Gasteiger partial charge on any atom is -0.331 e. The average molecular weight is 295 g/mol. The van der Waals surface area contributed by atoms with E-state index in [0.29, 0.717) is 0 Å². The summed E-state index contributed by atoms with van der Waals surface area (Å²) in [6.07, 6.45) is 0. The van der Waals surface area contributed by atoms with Crippen LogP contribution in [0.4, 0.5) is 4.79 Å². The third-order valence-corrected chi connectivity index (χ3v) is 4.51. The van der Waals surface area contributed by atoms with Gasteiger partial charge in [0, 0.05) is 46.8 Å². The fourth-order valence-corrected chi connectivity index (χ4v) is 3.09. The fourth-order valence-electron chi connectivity index (χ4n) is 2.28. The molecule has 2 amide bonds. The van der Waals surface area contributed by atoms with Gasteiger partial charge in [-0.3, -0.25) is 9.69 Å². The number of amides is 2. The summed E-state index contributed by atoms with van der Waals surface area (Å²) in [4.78, 5) is 29.8. The summed E-state index contributed by atoms with van der Waals surface area (Å²) < 4.78 is 0. The molecule has 0 unspecified atom stereocenters. The van der Waals surface area contributed by atoms with Gasteiger partial charge in [-0.1, -0.05) is 0 Å². The topological polar surface area (TPSA) is 43.9 Å². The number of carbonyl (C=O) groups excluding carboxylic acids is 2. The largest absolute Gasteiger partial charge is 0.331 e. The molecule has 0 aromatic carbocycles. The van der Waals surface area contributed by atoms with Crippen LogP contribution in [0.25, 0.3) is 0 Å². The Morgan fingerprint density at radius 2 is 1.90 bits per heavy atom. The molecule has 1 saturated heterocycles. The van der Waals surface area contributed by atoms with Gasteiger partial charge in [0.25, 0.3) is 0 Å². The molecule has 5 nitrogen and oxygen atoms in total. The molecule has 2 heterocycles. The molecule has 1 aromatic heterocycles. The van der Waals surface area contributed by atoms with Crippen LogP contribution in [0, 0.1) is 0 Å². The Kier molecular flexibility index (Phi) is 4.77. The van der Waals surface area contributed by atoms with Crippen molar-refractivity contribution in [3.05, 3.63) is 21.9 Å². The monoisotopic (exact) mass is 295 g/mol. The number of urea groups is 1. The van der Waals surface area contributed by atoms with Crippen molar-refractivity contribution in [1.82, 2.24) is 14.7 Å². The highest BCUT2D eigenvalue weighted by Gasteiger charge is 2.22. The van der Waals surface area contributed by atoms with E-state index < -0.39 is 0 Å². The normalized spacial score (nSPS) is 16.2. The van der Waals surface area contributed by atoms with Gasteiger partial charge in [0.05, 0.1) is 4.88 Å². The van der Waals surface area contributed by atoms with Crippen molar-refractivity contribution < 1.29 is 9.59 Å². The highest BCUT2D eigenvalue weighted by molar-refractivity contribution is 7.12. The van der Waals surface area contributed by atoms with E-state index in [2.05, 4.69) is 4.90 Å². The molecule has 20 heavy (non-hydrogen) atoms. The van der Waals surface area contributed by atoms with E-state index in [1.165, 1.54) is 16.9 Å². The molecule has 1 fully saturated rings. The predicted molar refractivity (Wildman–Crippen MR) is 80.3 cm³/mol. The molecule has 2 rings (SSSR count). The Labute approximate surface area is 123 Å². The SMILES string of the molecule is CC(=O)c1cc(CN2CCN(C(=O)N(C)C)CC2)cs1. The lowest BCUT2D eigenvalue weighted by atomic mass is 10.2. The molecule has 0 aliphatic carbocycles. The molecule has 0 spiro atoms. The van der Waals surface area contributed by atoms with Gasteiger partial charge in [-0.15, -0.1) is 11.3 Å². The first-order valence-corrected chi connectivity index (χ1v) is 7.62. The maximum Gasteiger partial charge on any atom is 0.319 e. The van der Waals surface area contributed by atoms with Crippen LogP contribution in [0.1, 0.15) is 22.2 Å². The summed E-state index contributed by atoms with van der Waals surface area (Å²) in [5.74, 6) is 0.127. The molecular formula is C14H21N3O2S. The minimum absolute atomic E-state index is 0.0825. The van der Waals surface area contributed by atoms with E-state index in [-0.39, 0.29) is 11.8 Å². The van der Waals surface area contributed by atoms with Crippen LogP contribution in [0.5, 0.6) is 0 Å². The average Bonchev–Trinajstić information content (AvgIpc) is 2.87. The Morgan fingerprint density at radius 1 is 1.25 bits per heavy atom. The summed E-state index contributed by atoms with van der Waals surface area (Å²) >= 11 is 1.51. The second kappa shape index (κ2) is 6.37. The minimum atomic E-state index is 0.0825. The molecule has 0 N–H and O–H groups in total. The maximum atomic E-state index is 11.8. The van der Waals surface area contributed by atoms with Gasteiger partial charge in [-0.05, 0) is 23.9 Å². The lowest BCUT2D eigenvalue weighted by Gasteiger charge is -2.35. The van der Waals surface area contributed by atoms with E-state index in [4.69, 9.17) is 0 Å². The van der Waals surface area contributed by atoms with Crippen molar-refractivity contribution in [2.75, 3.05) is 40.3 Å². The molecule has 1 aliphatic heterocycles. The number of hydrogen-bond acceptors (Lipinski definition) is 4. The van der Waals surface area contributed by atoms with Gasteiger partial charge in [-0.2, -0.15) is 0 Å². The van der Waals surface area contributed by atoms with Crippen molar-refractivity contribution in [2.24, 2.45) is 0 Å². The second-order valence-corrected chi connectivity index (χ2v) is 6.23. The number of ketones is 1. The predicted octanol–water partition coefficient (Wildman–Crippen LogP) is 1.75. The van der Waals surface area contributed by atoms with Gasteiger partial charge < -0.3 is 9.80 Å². The smallest absolute Gasteiger partial charge is 0.319 e. The summed E-state index contributed by atoms with van der Waals surface area (Å²) in [5, 5.41) is 2.05. The summed E-state index contributed by atoms with van der Waals surface area (Å²) in [6, 6.07) is 2.06. The molecule has 0 atom stereocenters. The standard InChI is InChI=1S/C14H21N3O2S/c1-11(18)13-8-12(10-20-13)9-16-4-6-17(7-5-16)14(19)15(2)3/h8,10H,4-7,9H2,1-3H3. The van der Waals surface area contributed by atoms with Gasteiger partial charge in [0.1, 0.15) is 0 Å². The molecule has 110 valence electrons. The van der Waals surface area contributed by atoms with E-state index in [9.17, 15) is 9.59 Å². The van der Waals surface area contributed by atoms with Gasteiger partial charge in [0.15, 0.2) is 5.78 Å². The Balaban J connectivity index is 1.85. The van der Waals surface area contributed by atoms with Crippen LogP contribution in [0.3, 0.4) is 0 Å². The van der Waals surface area contributed by atoms with Crippen LogP contribution in [0.15, 0.2) is 11.4 Å². The number of hydrogen-bond donors (Lipinski definition) is 0. The van der Waals surface area contributed by atoms with Crippen molar-refractivity contribution in [2.45, 2.75) is 13.5 Å². The number of nitrogens with zero attached hydrogens (tertiary/aromatic N) is 3. The van der Waals surface area contributed by atoms with Crippen LogP contribution >= 0.6 is 11.3 Å². The van der Waals surface area contributed by atoms with E-state index in [1.807, 2.05) is 16.3 Å². The molecule has 0 radical (unpaired) electrons. The van der Waals surface area contributed by atoms with Gasteiger partial charge in [-0.25, -0.2) is 4.79 Å². The number of carbonyl (C=O) groups is 2. The first kappa shape index (κ1) is 15.0. The van der Waals surface area contributed by atoms with Gasteiger partial charge >= 0.3 is 6.03 Å². The van der Waals surface area contributed by atoms with Crippen LogP contribution < -0.4 is 0 Å². The number of Topliss-reactive ketones (excluding diaryl/α,β-unsaturated/α-hetero) is 1. The fraction of sp³-hybridized carbons (Fsp3) is 0.571. The van der Waals surface area contributed by atoms with Crippen molar-refractivity contribution in [1.29, 1.82) is 0 Å². The lowest BCUT2D eigenvalue weighted by molar-refractivity contribution is 0.102. The molecule has 6 heteroatoms. The zero-order chi connectivity index (χ0) is 14.7. The summed E-state index contributed by atoms with van der Waals surface area (Å²) in [7, 11) is 3.56. The third kappa shape index (κ3) is 3.58. The molecule has 1 aromatic rings. The van der Waals surface area contributed by atoms with Crippen molar-refractivity contribution in [3.63, 3.8) is 0 Å². The number of thiophene rings is 1. The Morgan fingerprint density at radius 3 is 2.40 bits per heavy atom. The van der Waals surface area contributed by atoms with Crippen molar-refractivity contribution >= 4 is 23.2 Å². The highest BCUT2D eigenvalue weighted by Crippen LogP contribution is 2.17. The molecule has 1 aliphatic rings. The second-order valence-electron chi connectivity index (χ2n) is 5.32. The number of rotatable bonds is 3. The Bertz CT molecular complexity index is 490. The first-order valence-electron chi connectivity index (χ1n) is 6.74. The molecule has 0 bridgehead atoms. The maximum absolute atomic E-state index is 11.8. The summed E-state index contributed by atoms with van der Waals surface area (Å²) in [5.41, 5.74) is 1.19. The quantitative estimate of drug-likeness (QED) is 0.798.